The predicted molar refractivity (Wildman–Crippen MR) is 88.0 cm³/mol. The summed E-state index contributed by atoms with van der Waals surface area (Å²) in [5.74, 6) is 0.192. The number of rotatable bonds is 4. The average Bonchev–Trinajstić information content (AvgIpc) is 2.92. The highest BCUT2D eigenvalue weighted by atomic mass is 79.9. The number of fused-ring (bicyclic) bond motifs is 1. The number of hydrogen-bond acceptors (Lipinski definition) is 1. The van der Waals surface area contributed by atoms with E-state index in [2.05, 4.69) is 52.4 Å². The van der Waals surface area contributed by atoms with Crippen LogP contribution in [0.2, 0.25) is 0 Å². The molecule has 2 atom stereocenters. The minimum absolute atomic E-state index is 0.0242. The van der Waals surface area contributed by atoms with Crippen LogP contribution in [0.15, 0.2) is 46.9 Å². The monoisotopic (exact) mass is 347 g/mol. The van der Waals surface area contributed by atoms with Crippen molar-refractivity contribution in [3.05, 3.63) is 69.4 Å². The van der Waals surface area contributed by atoms with Gasteiger partial charge in [-0.25, -0.2) is 4.39 Å². The summed E-state index contributed by atoms with van der Waals surface area (Å²) >= 11 is 3.30. The zero-order valence-corrected chi connectivity index (χ0v) is 13.7. The van der Waals surface area contributed by atoms with E-state index < -0.39 is 0 Å². The Labute approximate surface area is 133 Å². The lowest BCUT2D eigenvalue weighted by atomic mass is 9.88. The quantitative estimate of drug-likeness (QED) is 0.823. The van der Waals surface area contributed by atoms with Gasteiger partial charge in [-0.2, -0.15) is 0 Å². The maximum atomic E-state index is 14.5. The molecule has 1 nitrogen and oxygen atoms in total. The average molecular weight is 348 g/mol. The molecule has 0 radical (unpaired) electrons. The number of nitrogens with one attached hydrogen (secondary N) is 1. The van der Waals surface area contributed by atoms with Crippen LogP contribution in [0, 0.1) is 5.82 Å². The minimum atomic E-state index is -0.146. The number of halogens is 2. The summed E-state index contributed by atoms with van der Waals surface area (Å²) in [6.45, 7) is 2.90. The van der Waals surface area contributed by atoms with E-state index >= 15 is 0 Å². The van der Waals surface area contributed by atoms with Crippen LogP contribution in [0.5, 0.6) is 0 Å². The zero-order valence-electron chi connectivity index (χ0n) is 12.1. The van der Waals surface area contributed by atoms with Crippen molar-refractivity contribution in [3.63, 3.8) is 0 Å². The van der Waals surface area contributed by atoms with Gasteiger partial charge in [0.1, 0.15) is 5.82 Å². The van der Waals surface area contributed by atoms with Gasteiger partial charge < -0.3 is 5.32 Å². The van der Waals surface area contributed by atoms with E-state index in [1.54, 1.807) is 6.07 Å². The molecule has 3 rings (SSSR count). The SMILES string of the molecule is CCNC(c1cccc(Br)c1F)C1CCc2ccccc21. The number of aryl methyl sites for hydroxylation is 1. The topological polar surface area (TPSA) is 12.0 Å². The lowest BCUT2D eigenvalue weighted by Gasteiger charge is -2.26. The minimum Gasteiger partial charge on any atom is -0.310 e. The van der Waals surface area contributed by atoms with E-state index in [1.807, 2.05) is 12.1 Å². The van der Waals surface area contributed by atoms with E-state index in [-0.39, 0.29) is 11.9 Å². The highest BCUT2D eigenvalue weighted by Crippen LogP contribution is 2.42. The Morgan fingerprint density at radius 1 is 1.24 bits per heavy atom. The van der Waals surface area contributed by atoms with Crippen molar-refractivity contribution in [2.24, 2.45) is 0 Å². The summed E-state index contributed by atoms with van der Waals surface area (Å²) in [5.41, 5.74) is 3.52. The van der Waals surface area contributed by atoms with Gasteiger partial charge in [-0.1, -0.05) is 43.3 Å². The largest absolute Gasteiger partial charge is 0.310 e. The van der Waals surface area contributed by atoms with Gasteiger partial charge >= 0.3 is 0 Å². The molecule has 0 saturated heterocycles. The molecule has 0 amide bonds. The van der Waals surface area contributed by atoms with Gasteiger partial charge in [-0.3, -0.25) is 0 Å². The van der Waals surface area contributed by atoms with Gasteiger partial charge in [0.15, 0.2) is 0 Å². The molecule has 0 aliphatic heterocycles. The van der Waals surface area contributed by atoms with Crippen molar-refractivity contribution in [2.75, 3.05) is 6.54 Å². The van der Waals surface area contributed by atoms with Crippen LogP contribution in [0.1, 0.15) is 42.0 Å². The first-order chi connectivity index (χ1) is 10.2. The molecule has 0 saturated carbocycles. The van der Waals surface area contributed by atoms with Gasteiger partial charge in [0, 0.05) is 17.5 Å². The van der Waals surface area contributed by atoms with Crippen LogP contribution >= 0.6 is 15.9 Å². The van der Waals surface area contributed by atoms with Crippen molar-refractivity contribution < 1.29 is 4.39 Å². The fraction of sp³-hybridized carbons (Fsp3) is 0.333. The second-order valence-electron chi connectivity index (χ2n) is 5.52. The van der Waals surface area contributed by atoms with Gasteiger partial charge in [-0.15, -0.1) is 0 Å². The van der Waals surface area contributed by atoms with E-state index in [1.165, 1.54) is 11.1 Å². The van der Waals surface area contributed by atoms with E-state index in [9.17, 15) is 4.39 Å². The molecule has 1 N–H and O–H groups in total. The summed E-state index contributed by atoms with van der Waals surface area (Å²) in [6.07, 6.45) is 2.15. The molecule has 1 aliphatic rings. The Kier molecular flexibility index (Phi) is 4.41. The van der Waals surface area contributed by atoms with Crippen LogP contribution in [0.3, 0.4) is 0 Å². The van der Waals surface area contributed by atoms with Crippen molar-refractivity contribution >= 4 is 15.9 Å². The molecule has 1 aliphatic carbocycles. The van der Waals surface area contributed by atoms with Crippen LogP contribution in [-0.2, 0) is 6.42 Å². The maximum Gasteiger partial charge on any atom is 0.142 e. The third-order valence-corrected chi connectivity index (χ3v) is 4.93. The lowest BCUT2D eigenvalue weighted by molar-refractivity contribution is 0.433. The van der Waals surface area contributed by atoms with E-state index in [0.29, 0.717) is 10.4 Å². The molecule has 0 spiro atoms. The Morgan fingerprint density at radius 2 is 2.05 bits per heavy atom. The molecule has 3 heteroatoms. The normalized spacial score (nSPS) is 18.5. The maximum absolute atomic E-state index is 14.5. The van der Waals surface area contributed by atoms with Gasteiger partial charge in [0.2, 0.25) is 0 Å². The molecule has 0 bridgehead atoms. The van der Waals surface area contributed by atoms with Crippen molar-refractivity contribution in [1.82, 2.24) is 5.32 Å². The van der Waals surface area contributed by atoms with Gasteiger partial charge in [-0.05, 0) is 52.5 Å². The standard InChI is InChI=1S/C18H19BrFN/c1-2-21-18(15-8-5-9-16(19)17(15)20)14-11-10-12-6-3-4-7-13(12)14/h3-9,14,18,21H,2,10-11H2,1H3. The molecule has 0 aromatic heterocycles. The first-order valence-corrected chi connectivity index (χ1v) is 8.26. The molecule has 0 heterocycles. The summed E-state index contributed by atoms with van der Waals surface area (Å²) in [4.78, 5) is 0. The Hall–Kier alpha value is -1.19. The van der Waals surface area contributed by atoms with E-state index in [4.69, 9.17) is 0 Å². The summed E-state index contributed by atoms with van der Waals surface area (Å²) in [7, 11) is 0. The van der Waals surface area contributed by atoms with Gasteiger partial charge in [0.05, 0.1) is 4.47 Å². The van der Waals surface area contributed by atoms with Crippen molar-refractivity contribution in [3.8, 4) is 0 Å². The smallest absolute Gasteiger partial charge is 0.142 e. The third-order valence-electron chi connectivity index (χ3n) is 4.32. The Morgan fingerprint density at radius 3 is 2.86 bits per heavy atom. The molecule has 21 heavy (non-hydrogen) atoms. The van der Waals surface area contributed by atoms with Crippen LogP contribution in [-0.4, -0.2) is 6.54 Å². The van der Waals surface area contributed by atoms with Crippen LogP contribution in [0.4, 0.5) is 4.39 Å². The summed E-state index contributed by atoms with van der Waals surface area (Å²) in [5, 5.41) is 3.49. The fourth-order valence-electron chi connectivity index (χ4n) is 3.39. The second kappa shape index (κ2) is 6.29. The number of benzene rings is 2. The Balaban J connectivity index is 2.02. The first kappa shape index (κ1) is 14.7. The molecule has 2 unspecified atom stereocenters. The molecular weight excluding hydrogens is 329 g/mol. The molecule has 2 aromatic rings. The fourth-order valence-corrected chi connectivity index (χ4v) is 3.77. The van der Waals surface area contributed by atoms with Crippen LogP contribution < -0.4 is 5.32 Å². The third kappa shape index (κ3) is 2.77. The highest BCUT2D eigenvalue weighted by Gasteiger charge is 2.31. The van der Waals surface area contributed by atoms with Crippen LogP contribution in [0.25, 0.3) is 0 Å². The highest BCUT2D eigenvalue weighted by molar-refractivity contribution is 9.10. The second-order valence-corrected chi connectivity index (χ2v) is 6.38. The molecule has 110 valence electrons. The molecule has 2 aromatic carbocycles. The Bertz CT molecular complexity index is 641. The lowest BCUT2D eigenvalue weighted by Crippen LogP contribution is -2.27. The van der Waals surface area contributed by atoms with Gasteiger partial charge in [0.25, 0.3) is 0 Å². The number of hydrogen-bond donors (Lipinski definition) is 1. The first-order valence-electron chi connectivity index (χ1n) is 7.47. The summed E-state index contributed by atoms with van der Waals surface area (Å²) < 4.78 is 15.1. The number of likely N-dealkylation sites (N-methyl/N-ethyl adjacent to an activating group) is 1. The van der Waals surface area contributed by atoms with Crippen molar-refractivity contribution in [2.45, 2.75) is 31.7 Å². The predicted octanol–water partition coefficient (Wildman–Crippen LogP) is 4.97. The van der Waals surface area contributed by atoms with E-state index in [0.717, 1.165) is 24.9 Å². The zero-order chi connectivity index (χ0) is 14.8. The summed E-state index contributed by atoms with van der Waals surface area (Å²) in [6, 6.07) is 14.1. The molecule has 0 fully saturated rings. The molecular formula is C18H19BrFN. The van der Waals surface area contributed by atoms with Crippen molar-refractivity contribution in [1.29, 1.82) is 0 Å².